The third-order valence-electron chi connectivity index (χ3n) is 6.01. The fourth-order valence-corrected chi connectivity index (χ4v) is 3.90. The highest BCUT2D eigenvalue weighted by molar-refractivity contribution is 5.68. The van der Waals surface area contributed by atoms with Gasteiger partial charge < -0.3 is 20.1 Å². The second kappa shape index (κ2) is 11.1. The van der Waals surface area contributed by atoms with Crippen molar-refractivity contribution in [2.45, 2.75) is 45.0 Å². The maximum Gasteiger partial charge on any atom is 0.227 e. The minimum atomic E-state index is -0.210. The van der Waals surface area contributed by atoms with Crippen LogP contribution in [0.25, 0.3) is 11.1 Å². The van der Waals surface area contributed by atoms with E-state index in [-0.39, 0.29) is 6.10 Å². The molecule has 188 valence electrons. The first-order chi connectivity index (χ1) is 18.1. The molecule has 1 aliphatic carbocycles. The molecular formula is C27H28N8O2. The summed E-state index contributed by atoms with van der Waals surface area (Å²) in [6.45, 7) is 3.26. The van der Waals surface area contributed by atoms with E-state index in [4.69, 9.17) is 9.47 Å². The quantitative estimate of drug-likeness (QED) is 0.316. The second-order valence-corrected chi connectivity index (χ2v) is 8.98. The molecule has 0 unspecified atom stereocenters. The Morgan fingerprint density at radius 1 is 1.11 bits per heavy atom. The molecule has 2 N–H and O–H groups in total. The van der Waals surface area contributed by atoms with Gasteiger partial charge in [0.05, 0.1) is 24.9 Å². The molecule has 2 heterocycles. The lowest BCUT2D eigenvalue weighted by Crippen LogP contribution is -2.20. The van der Waals surface area contributed by atoms with Gasteiger partial charge in [-0.1, -0.05) is 12.1 Å². The molecule has 0 amide bonds. The summed E-state index contributed by atoms with van der Waals surface area (Å²) in [6, 6.07) is 14.3. The Labute approximate surface area is 215 Å². The maximum absolute atomic E-state index is 9.54. The van der Waals surface area contributed by atoms with E-state index in [1.54, 1.807) is 36.6 Å². The number of nitrogens with zero attached hydrogens (tertiary/aromatic N) is 6. The fraction of sp³-hybridized carbons (Fsp3) is 0.296. The van der Waals surface area contributed by atoms with Crippen LogP contribution in [0.4, 0.5) is 11.6 Å². The van der Waals surface area contributed by atoms with Crippen LogP contribution in [0.2, 0.25) is 0 Å². The molecule has 10 nitrogen and oxygen atoms in total. The third kappa shape index (κ3) is 6.20. The Kier molecular flexibility index (Phi) is 7.23. The van der Waals surface area contributed by atoms with E-state index in [0.29, 0.717) is 29.8 Å². The molecule has 1 atom stereocenters. The number of benzene rings is 2. The Bertz CT molecular complexity index is 1380. The highest BCUT2D eigenvalue weighted by Crippen LogP contribution is 2.30. The summed E-state index contributed by atoms with van der Waals surface area (Å²) in [6.07, 6.45) is 8.88. The number of nitriles is 1. The SMILES string of the molecule is COc1cc(CNC2CC2)ccc1Nc1ncc(-c2ccc(C#N)c(O[C@@H](C)Cn3cncn3)c2)cn1. The molecule has 0 spiro atoms. The number of nitrogens with one attached hydrogen (secondary N) is 2. The molecule has 0 bridgehead atoms. The predicted molar refractivity (Wildman–Crippen MR) is 138 cm³/mol. The zero-order chi connectivity index (χ0) is 25.6. The number of aromatic nitrogens is 5. The molecule has 1 aliphatic rings. The van der Waals surface area contributed by atoms with Gasteiger partial charge in [0.15, 0.2) is 0 Å². The molecule has 0 aliphatic heterocycles. The molecule has 1 saturated carbocycles. The van der Waals surface area contributed by atoms with Gasteiger partial charge in [-0.3, -0.25) is 0 Å². The zero-order valence-corrected chi connectivity index (χ0v) is 20.8. The van der Waals surface area contributed by atoms with Gasteiger partial charge in [-0.2, -0.15) is 10.4 Å². The highest BCUT2D eigenvalue weighted by atomic mass is 16.5. The van der Waals surface area contributed by atoms with Crippen molar-refractivity contribution in [2.24, 2.45) is 0 Å². The number of hydrogen-bond donors (Lipinski definition) is 2. The summed E-state index contributed by atoms with van der Waals surface area (Å²) in [5.74, 6) is 1.69. The van der Waals surface area contributed by atoms with Crippen molar-refractivity contribution in [3.8, 4) is 28.7 Å². The second-order valence-electron chi connectivity index (χ2n) is 8.98. The minimum absolute atomic E-state index is 0.210. The van der Waals surface area contributed by atoms with Gasteiger partial charge in [0.2, 0.25) is 5.95 Å². The van der Waals surface area contributed by atoms with Crippen molar-refractivity contribution >= 4 is 11.6 Å². The molecule has 2 aromatic carbocycles. The maximum atomic E-state index is 9.54. The first kappa shape index (κ1) is 24.2. The van der Waals surface area contributed by atoms with Crippen LogP contribution in [-0.2, 0) is 13.1 Å². The van der Waals surface area contributed by atoms with Crippen molar-refractivity contribution in [3.63, 3.8) is 0 Å². The van der Waals surface area contributed by atoms with Crippen molar-refractivity contribution in [1.82, 2.24) is 30.0 Å². The van der Waals surface area contributed by atoms with Crippen LogP contribution in [0.5, 0.6) is 11.5 Å². The molecule has 2 aromatic heterocycles. The number of ether oxygens (including phenoxy) is 2. The molecule has 10 heteroatoms. The van der Waals surface area contributed by atoms with Gasteiger partial charge in [-0.15, -0.1) is 0 Å². The summed E-state index contributed by atoms with van der Waals surface area (Å²) >= 11 is 0. The van der Waals surface area contributed by atoms with Crippen molar-refractivity contribution in [2.75, 3.05) is 12.4 Å². The van der Waals surface area contributed by atoms with Gasteiger partial charge in [0.1, 0.15) is 36.3 Å². The van der Waals surface area contributed by atoms with Gasteiger partial charge in [-0.05, 0) is 55.2 Å². The molecule has 5 rings (SSSR count). The Hall–Kier alpha value is -4.49. The lowest BCUT2D eigenvalue weighted by atomic mass is 10.1. The van der Waals surface area contributed by atoms with Crippen LogP contribution in [0.1, 0.15) is 30.9 Å². The van der Waals surface area contributed by atoms with E-state index in [0.717, 1.165) is 29.1 Å². The van der Waals surface area contributed by atoms with E-state index in [1.165, 1.54) is 24.7 Å². The summed E-state index contributed by atoms with van der Waals surface area (Å²) in [4.78, 5) is 12.9. The first-order valence-corrected chi connectivity index (χ1v) is 12.1. The number of methoxy groups -OCH3 is 1. The third-order valence-corrected chi connectivity index (χ3v) is 6.01. The van der Waals surface area contributed by atoms with Gasteiger partial charge in [-0.25, -0.2) is 19.6 Å². The number of rotatable bonds is 11. The minimum Gasteiger partial charge on any atom is -0.495 e. The van der Waals surface area contributed by atoms with Crippen molar-refractivity contribution in [3.05, 3.63) is 72.6 Å². The first-order valence-electron chi connectivity index (χ1n) is 12.1. The van der Waals surface area contributed by atoms with Crippen LogP contribution in [0.15, 0.2) is 61.4 Å². The monoisotopic (exact) mass is 496 g/mol. The molecule has 0 saturated heterocycles. The fourth-order valence-electron chi connectivity index (χ4n) is 3.90. The number of hydrogen-bond acceptors (Lipinski definition) is 9. The summed E-state index contributed by atoms with van der Waals surface area (Å²) in [5, 5.41) is 20.4. The Balaban J connectivity index is 1.28. The Morgan fingerprint density at radius 2 is 1.95 bits per heavy atom. The zero-order valence-electron chi connectivity index (χ0n) is 20.8. The van der Waals surface area contributed by atoms with E-state index in [1.807, 2.05) is 31.2 Å². The van der Waals surface area contributed by atoms with Gasteiger partial charge >= 0.3 is 0 Å². The molecular weight excluding hydrogens is 468 g/mol. The molecule has 0 radical (unpaired) electrons. The van der Waals surface area contributed by atoms with E-state index in [2.05, 4.69) is 42.8 Å². The van der Waals surface area contributed by atoms with Crippen LogP contribution >= 0.6 is 0 Å². The van der Waals surface area contributed by atoms with E-state index < -0.39 is 0 Å². The van der Waals surface area contributed by atoms with Crippen LogP contribution < -0.4 is 20.1 Å². The van der Waals surface area contributed by atoms with Gasteiger partial charge in [0.25, 0.3) is 0 Å². The van der Waals surface area contributed by atoms with Crippen LogP contribution in [-0.4, -0.2) is 44.0 Å². The lowest BCUT2D eigenvalue weighted by Gasteiger charge is -2.16. The average molecular weight is 497 g/mol. The van der Waals surface area contributed by atoms with Gasteiger partial charge in [0, 0.05) is 30.5 Å². The standard InChI is InChI=1S/C27H28N8O2/c1-18(15-35-17-29-16-33-35)37-25-10-20(4-5-21(25)11-28)22-13-31-27(32-14-22)34-24-8-3-19(9-26(24)36-2)12-30-23-6-7-23/h3-5,8-10,13-14,16-18,23,30H,6-7,12,15H2,1-2H3,(H,31,32,34)/t18-/m0/s1. The average Bonchev–Trinajstić information content (AvgIpc) is 3.62. The predicted octanol–water partition coefficient (Wildman–Crippen LogP) is 4.08. The van der Waals surface area contributed by atoms with E-state index >= 15 is 0 Å². The smallest absolute Gasteiger partial charge is 0.227 e. The molecule has 4 aromatic rings. The van der Waals surface area contributed by atoms with Crippen LogP contribution in [0, 0.1) is 11.3 Å². The lowest BCUT2D eigenvalue weighted by molar-refractivity contribution is 0.193. The topological polar surface area (TPSA) is 123 Å². The normalized spacial score (nSPS) is 13.5. The molecule has 37 heavy (non-hydrogen) atoms. The van der Waals surface area contributed by atoms with E-state index in [9.17, 15) is 5.26 Å². The Morgan fingerprint density at radius 3 is 2.65 bits per heavy atom. The summed E-state index contributed by atoms with van der Waals surface area (Å²) in [5.41, 5.74) is 4.06. The van der Waals surface area contributed by atoms with Crippen molar-refractivity contribution < 1.29 is 9.47 Å². The molecule has 1 fully saturated rings. The highest BCUT2D eigenvalue weighted by Gasteiger charge is 2.20. The van der Waals surface area contributed by atoms with Crippen LogP contribution in [0.3, 0.4) is 0 Å². The number of anilines is 2. The summed E-state index contributed by atoms with van der Waals surface area (Å²) in [7, 11) is 1.65. The summed E-state index contributed by atoms with van der Waals surface area (Å²) < 4.78 is 13.3. The largest absolute Gasteiger partial charge is 0.495 e. The van der Waals surface area contributed by atoms with Crippen molar-refractivity contribution in [1.29, 1.82) is 5.26 Å².